The van der Waals surface area contributed by atoms with Crippen LogP contribution in [0.4, 0.5) is 14.5 Å². The lowest BCUT2D eigenvalue weighted by molar-refractivity contribution is 0.0568. The van der Waals surface area contributed by atoms with Gasteiger partial charge >= 0.3 is 6.55 Å². The van der Waals surface area contributed by atoms with Crippen molar-refractivity contribution in [2.24, 2.45) is 0 Å². The molecule has 24 heavy (non-hydrogen) atoms. The number of aromatic nitrogens is 3. The summed E-state index contributed by atoms with van der Waals surface area (Å²) in [5.41, 5.74) is 2.74. The highest BCUT2D eigenvalue weighted by atomic mass is 19.3. The zero-order valence-corrected chi connectivity index (χ0v) is 12.2. The number of halogens is 2. The lowest BCUT2D eigenvalue weighted by Crippen LogP contribution is -1.99. The molecule has 0 saturated heterocycles. The first kappa shape index (κ1) is 15.5. The summed E-state index contributed by atoms with van der Waals surface area (Å²) in [6, 6.07) is 9.82. The van der Waals surface area contributed by atoms with Crippen molar-refractivity contribution in [2.45, 2.75) is 6.55 Å². The smallest absolute Gasteiger partial charge is 0.298 e. The molecule has 3 aromatic rings. The van der Waals surface area contributed by atoms with Gasteiger partial charge in [-0.25, -0.2) is 9.53 Å². The molecule has 0 N–H and O–H groups in total. The van der Waals surface area contributed by atoms with E-state index in [4.69, 9.17) is 6.57 Å². The zero-order valence-electron chi connectivity index (χ0n) is 12.2. The van der Waals surface area contributed by atoms with Crippen LogP contribution in [0.25, 0.3) is 27.4 Å². The van der Waals surface area contributed by atoms with Crippen molar-refractivity contribution in [3.05, 3.63) is 65.8 Å². The van der Waals surface area contributed by atoms with Gasteiger partial charge in [0.1, 0.15) is 0 Å². The van der Waals surface area contributed by atoms with Gasteiger partial charge in [-0.15, -0.1) is 0 Å². The Morgan fingerprint density at radius 2 is 1.92 bits per heavy atom. The average molecular weight is 324 g/mol. The quantitative estimate of drug-likeness (QED) is 0.529. The Bertz CT molecular complexity index is 927. The third-order valence-electron chi connectivity index (χ3n) is 3.44. The van der Waals surface area contributed by atoms with Gasteiger partial charge in [0.2, 0.25) is 0 Å². The number of nitrogens with zero attached hydrogens (tertiary/aromatic N) is 4. The topological polar surface area (TPSA) is 52.1 Å². The molecular weight excluding hydrogens is 314 g/mol. The lowest BCUT2D eigenvalue weighted by Gasteiger charge is -2.06. The van der Waals surface area contributed by atoms with Crippen LogP contribution in [-0.4, -0.2) is 21.1 Å². The Balaban J connectivity index is 2.07. The SMILES string of the molecule is [C-]#[N+]c1ccc(-c2cc(-c3ccn(C(F)F)n3)c(C=O)cn2)cc1. The number of rotatable bonds is 4. The number of alkyl halides is 2. The number of carbonyl (C=O) groups excluding carboxylic acids is 1. The largest absolute Gasteiger partial charge is 0.333 e. The maximum Gasteiger partial charge on any atom is 0.333 e. The fraction of sp³-hybridized carbons (Fsp3) is 0.0588. The summed E-state index contributed by atoms with van der Waals surface area (Å²) in [7, 11) is 0. The number of carbonyl (C=O) groups is 1. The maximum atomic E-state index is 12.7. The number of hydrogen-bond donors (Lipinski definition) is 0. The summed E-state index contributed by atoms with van der Waals surface area (Å²) in [6.45, 7) is 4.20. The second kappa shape index (κ2) is 6.38. The molecule has 0 bridgehead atoms. The van der Waals surface area contributed by atoms with Gasteiger partial charge in [0.05, 0.1) is 18.0 Å². The van der Waals surface area contributed by atoms with Crippen molar-refractivity contribution in [3.8, 4) is 22.5 Å². The van der Waals surface area contributed by atoms with E-state index in [2.05, 4.69) is 14.9 Å². The molecule has 0 amide bonds. The lowest BCUT2D eigenvalue weighted by atomic mass is 10.0. The van der Waals surface area contributed by atoms with Crippen LogP contribution in [0.2, 0.25) is 0 Å². The average Bonchev–Trinajstić information content (AvgIpc) is 3.11. The van der Waals surface area contributed by atoms with Crippen molar-refractivity contribution < 1.29 is 13.6 Å². The van der Waals surface area contributed by atoms with E-state index < -0.39 is 6.55 Å². The second-order valence-corrected chi connectivity index (χ2v) is 4.89. The van der Waals surface area contributed by atoms with Crippen LogP contribution in [0.5, 0.6) is 0 Å². The predicted octanol–water partition coefficient (Wildman–Crippen LogP) is 4.37. The summed E-state index contributed by atoms with van der Waals surface area (Å²) in [5, 5.41) is 3.79. The van der Waals surface area contributed by atoms with E-state index >= 15 is 0 Å². The van der Waals surface area contributed by atoms with Gasteiger partial charge in [-0.3, -0.25) is 9.78 Å². The molecular formula is C17H10F2N4O. The minimum Gasteiger partial charge on any atom is -0.298 e. The molecule has 5 nitrogen and oxygen atoms in total. The number of aldehydes is 1. The molecule has 0 saturated carbocycles. The molecule has 0 spiro atoms. The highest BCUT2D eigenvalue weighted by Crippen LogP contribution is 2.28. The van der Waals surface area contributed by atoms with Crippen LogP contribution in [0.1, 0.15) is 16.9 Å². The fourth-order valence-corrected chi connectivity index (χ4v) is 2.24. The van der Waals surface area contributed by atoms with Crippen molar-refractivity contribution in [2.75, 3.05) is 0 Å². The van der Waals surface area contributed by atoms with E-state index in [1.807, 2.05) is 0 Å². The summed E-state index contributed by atoms with van der Waals surface area (Å²) in [5.74, 6) is 0. The Hall–Kier alpha value is -3.40. The standard InChI is InChI=1S/C17H10F2N4O/c1-20-13-4-2-11(3-5-13)16-8-14(12(10-24)9-21-16)15-6-7-23(22-15)17(18)19/h2-10,17H. The van der Waals surface area contributed by atoms with Crippen LogP contribution >= 0.6 is 0 Å². The third-order valence-corrected chi connectivity index (χ3v) is 3.44. The van der Waals surface area contributed by atoms with E-state index in [0.717, 1.165) is 11.8 Å². The van der Waals surface area contributed by atoms with Gasteiger partial charge in [-0.2, -0.15) is 13.9 Å². The van der Waals surface area contributed by atoms with E-state index in [-0.39, 0.29) is 11.3 Å². The van der Waals surface area contributed by atoms with Crippen molar-refractivity contribution >= 4 is 12.0 Å². The zero-order chi connectivity index (χ0) is 17.1. The molecule has 0 unspecified atom stereocenters. The normalized spacial score (nSPS) is 10.6. The van der Waals surface area contributed by atoms with Gasteiger partial charge in [-0.05, 0) is 17.7 Å². The fourth-order valence-electron chi connectivity index (χ4n) is 2.24. The number of pyridine rings is 1. The van der Waals surface area contributed by atoms with Gasteiger partial charge in [-0.1, -0.05) is 24.3 Å². The summed E-state index contributed by atoms with van der Waals surface area (Å²) in [6.07, 6.45) is 3.14. The van der Waals surface area contributed by atoms with Crippen LogP contribution in [-0.2, 0) is 0 Å². The first-order chi connectivity index (χ1) is 11.6. The number of hydrogen-bond acceptors (Lipinski definition) is 3. The highest BCUT2D eigenvalue weighted by molar-refractivity contribution is 5.87. The van der Waals surface area contributed by atoms with Gasteiger partial charge in [0, 0.05) is 23.5 Å². The first-order valence-electron chi connectivity index (χ1n) is 6.89. The molecule has 0 aliphatic carbocycles. The van der Waals surface area contributed by atoms with E-state index in [1.54, 1.807) is 30.3 Å². The van der Waals surface area contributed by atoms with E-state index in [1.165, 1.54) is 12.3 Å². The molecule has 0 aliphatic heterocycles. The van der Waals surface area contributed by atoms with Crippen molar-refractivity contribution in [1.82, 2.24) is 14.8 Å². The van der Waals surface area contributed by atoms with Crippen LogP contribution in [0.3, 0.4) is 0 Å². The summed E-state index contributed by atoms with van der Waals surface area (Å²) < 4.78 is 25.9. The number of benzene rings is 1. The van der Waals surface area contributed by atoms with E-state index in [9.17, 15) is 13.6 Å². The molecule has 1 aromatic carbocycles. The molecule has 7 heteroatoms. The first-order valence-corrected chi connectivity index (χ1v) is 6.89. The van der Waals surface area contributed by atoms with Gasteiger partial charge in [0.25, 0.3) is 0 Å². The maximum absolute atomic E-state index is 12.7. The van der Waals surface area contributed by atoms with E-state index in [0.29, 0.717) is 27.9 Å². The monoisotopic (exact) mass is 324 g/mol. The third kappa shape index (κ3) is 2.90. The Labute approximate surface area is 136 Å². The molecule has 2 aromatic heterocycles. The Morgan fingerprint density at radius 3 is 2.50 bits per heavy atom. The Kier molecular flexibility index (Phi) is 4.12. The molecule has 2 heterocycles. The predicted molar refractivity (Wildman–Crippen MR) is 83.8 cm³/mol. The molecule has 118 valence electrons. The summed E-state index contributed by atoms with van der Waals surface area (Å²) in [4.78, 5) is 18.7. The second-order valence-electron chi connectivity index (χ2n) is 4.89. The molecule has 0 atom stereocenters. The molecule has 0 fully saturated rings. The van der Waals surface area contributed by atoms with Crippen LogP contribution in [0.15, 0.2) is 48.8 Å². The van der Waals surface area contributed by atoms with Crippen LogP contribution < -0.4 is 0 Å². The minimum absolute atomic E-state index is 0.260. The van der Waals surface area contributed by atoms with Gasteiger partial charge in [0.15, 0.2) is 12.0 Å². The van der Waals surface area contributed by atoms with Crippen molar-refractivity contribution in [1.29, 1.82) is 0 Å². The summed E-state index contributed by atoms with van der Waals surface area (Å²) >= 11 is 0. The van der Waals surface area contributed by atoms with Crippen LogP contribution in [0, 0.1) is 6.57 Å². The minimum atomic E-state index is -2.75. The Morgan fingerprint density at radius 1 is 1.17 bits per heavy atom. The van der Waals surface area contributed by atoms with Gasteiger partial charge < -0.3 is 0 Å². The highest BCUT2D eigenvalue weighted by Gasteiger charge is 2.14. The van der Waals surface area contributed by atoms with Crippen molar-refractivity contribution in [3.63, 3.8) is 0 Å². The molecule has 0 radical (unpaired) electrons. The molecule has 0 aliphatic rings. The molecule has 3 rings (SSSR count).